The van der Waals surface area contributed by atoms with E-state index in [-0.39, 0.29) is 17.5 Å². The van der Waals surface area contributed by atoms with Crippen LogP contribution in [0.5, 0.6) is 0 Å². The Hall–Kier alpha value is -5.94. The molecule has 0 N–H and O–H groups in total. The van der Waals surface area contributed by atoms with Crippen molar-refractivity contribution in [3.8, 4) is 22.5 Å². The molecule has 2 aliphatic rings. The lowest BCUT2D eigenvalue weighted by Crippen LogP contribution is -2.61. The van der Waals surface area contributed by atoms with Gasteiger partial charge in [0.2, 0.25) is 0 Å². The summed E-state index contributed by atoms with van der Waals surface area (Å²) >= 11 is 0. The second-order valence-electron chi connectivity index (χ2n) is 16.3. The van der Waals surface area contributed by atoms with Crippen molar-refractivity contribution in [3.05, 3.63) is 163 Å². The summed E-state index contributed by atoms with van der Waals surface area (Å²) < 4.78 is 0. The SMILES string of the molecule is CC(C)(C)c1ccc2c(c1)B1c3cc(C(C)(C)C)ccc3N(c3ccccc3-c3ccccn3)c3cccc(c31)N2c1ccccc1-c1ccccn1. The monoisotopic (exact) mass is 686 g/mol. The van der Waals surface area contributed by atoms with Crippen LogP contribution < -0.4 is 26.2 Å². The molecular weight excluding hydrogens is 643 g/mol. The number of hydrogen-bond donors (Lipinski definition) is 0. The second-order valence-corrected chi connectivity index (χ2v) is 16.3. The zero-order chi connectivity index (χ0) is 36.5. The van der Waals surface area contributed by atoms with Crippen molar-refractivity contribution in [2.45, 2.75) is 52.4 Å². The van der Waals surface area contributed by atoms with E-state index >= 15 is 0 Å². The van der Waals surface area contributed by atoms with Gasteiger partial charge < -0.3 is 9.80 Å². The highest BCUT2D eigenvalue weighted by Crippen LogP contribution is 2.48. The Balaban J connectivity index is 1.39. The average molecular weight is 687 g/mol. The van der Waals surface area contributed by atoms with Gasteiger partial charge in [-0.05, 0) is 99.0 Å². The van der Waals surface area contributed by atoms with Crippen molar-refractivity contribution in [2.24, 2.45) is 0 Å². The standard InChI is InChI=1S/C48H43BN4/c1-47(2,3)32-24-26-42-36(30-32)49-37-31-33(48(4,5)6)25-27-43(37)53(41-21-10-8-17-35(41)39-19-12-14-29-51-39)45-23-15-22-44(46(45)49)52(42)40-20-9-7-16-34(40)38-18-11-13-28-50-38/h7-31H,1-6H3. The molecule has 0 radical (unpaired) electrons. The van der Waals surface area contributed by atoms with Gasteiger partial charge in [-0.3, -0.25) is 9.97 Å². The number of fused-ring (bicyclic) bond motifs is 4. The van der Waals surface area contributed by atoms with Crippen LogP contribution in [-0.4, -0.2) is 16.7 Å². The van der Waals surface area contributed by atoms with Crippen LogP contribution in [0.3, 0.4) is 0 Å². The molecule has 9 rings (SSSR count). The maximum absolute atomic E-state index is 4.83. The van der Waals surface area contributed by atoms with Gasteiger partial charge in [0, 0.05) is 46.3 Å². The smallest absolute Gasteiger partial charge is 0.252 e. The third-order valence-corrected chi connectivity index (χ3v) is 10.9. The van der Waals surface area contributed by atoms with E-state index in [1.54, 1.807) is 0 Å². The first-order valence-corrected chi connectivity index (χ1v) is 18.6. The van der Waals surface area contributed by atoms with Crippen LogP contribution in [0.15, 0.2) is 152 Å². The molecule has 0 aliphatic carbocycles. The predicted molar refractivity (Wildman–Crippen MR) is 224 cm³/mol. The van der Waals surface area contributed by atoms with Gasteiger partial charge in [-0.25, -0.2) is 0 Å². The van der Waals surface area contributed by atoms with Gasteiger partial charge in [0.1, 0.15) is 0 Å². The molecule has 0 saturated carbocycles. The molecule has 4 heterocycles. The maximum Gasteiger partial charge on any atom is 0.252 e. The van der Waals surface area contributed by atoms with Crippen molar-refractivity contribution in [1.29, 1.82) is 0 Å². The highest BCUT2D eigenvalue weighted by Gasteiger charge is 2.44. The highest BCUT2D eigenvalue weighted by atomic mass is 15.2. The third kappa shape index (κ3) is 5.45. The molecule has 0 unspecified atom stereocenters. The number of aromatic nitrogens is 2. The molecule has 0 amide bonds. The summed E-state index contributed by atoms with van der Waals surface area (Å²) in [6, 6.07) is 50.9. The number of nitrogens with zero attached hydrogens (tertiary/aromatic N) is 4. The Morgan fingerprint density at radius 2 is 0.830 bits per heavy atom. The number of hydrogen-bond acceptors (Lipinski definition) is 4. The van der Waals surface area contributed by atoms with Crippen LogP contribution in [0.4, 0.5) is 34.1 Å². The van der Waals surface area contributed by atoms with Gasteiger partial charge in [0.05, 0.1) is 22.8 Å². The number of anilines is 6. The minimum Gasteiger partial charge on any atom is -0.311 e. The summed E-state index contributed by atoms with van der Waals surface area (Å²) in [7, 11) is 0. The largest absolute Gasteiger partial charge is 0.311 e. The summed E-state index contributed by atoms with van der Waals surface area (Å²) in [6.07, 6.45) is 3.76. The van der Waals surface area contributed by atoms with Crippen LogP contribution in [0.1, 0.15) is 52.7 Å². The average Bonchev–Trinajstić information content (AvgIpc) is 3.17. The Morgan fingerprint density at radius 1 is 0.415 bits per heavy atom. The molecular formula is C48H43BN4. The minimum absolute atomic E-state index is 0.0207. The fourth-order valence-electron chi connectivity index (χ4n) is 8.21. The lowest BCUT2D eigenvalue weighted by atomic mass is 9.33. The number of rotatable bonds is 4. The van der Waals surface area contributed by atoms with E-state index < -0.39 is 0 Å². The third-order valence-electron chi connectivity index (χ3n) is 10.9. The van der Waals surface area contributed by atoms with Crippen molar-refractivity contribution in [1.82, 2.24) is 9.97 Å². The normalized spacial score (nSPS) is 13.4. The van der Waals surface area contributed by atoms with Crippen LogP contribution in [0, 0.1) is 0 Å². The molecule has 258 valence electrons. The zero-order valence-electron chi connectivity index (χ0n) is 31.3. The molecule has 5 heteroatoms. The Kier molecular flexibility index (Phi) is 7.67. The van der Waals surface area contributed by atoms with Gasteiger partial charge in [-0.15, -0.1) is 0 Å². The van der Waals surface area contributed by atoms with Crippen molar-refractivity contribution >= 4 is 57.2 Å². The van der Waals surface area contributed by atoms with Crippen LogP contribution in [-0.2, 0) is 10.8 Å². The minimum atomic E-state index is -0.0239. The topological polar surface area (TPSA) is 32.3 Å². The zero-order valence-corrected chi connectivity index (χ0v) is 31.3. The molecule has 4 nitrogen and oxygen atoms in total. The predicted octanol–water partition coefficient (Wildman–Crippen LogP) is 10.5. The van der Waals surface area contributed by atoms with Gasteiger partial charge in [-0.2, -0.15) is 0 Å². The quantitative estimate of drug-likeness (QED) is 0.173. The summed E-state index contributed by atoms with van der Waals surface area (Å²) in [5.74, 6) is 0. The van der Waals surface area contributed by atoms with Gasteiger partial charge in [0.15, 0.2) is 0 Å². The highest BCUT2D eigenvalue weighted by molar-refractivity contribution is 7.00. The molecule has 2 aliphatic heterocycles. The first-order chi connectivity index (χ1) is 25.6. The lowest BCUT2D eigenvalue weighted by Gasteiger charge is -2.45. The summed E-state index contributed by atoms with van der Waals surface area (Å²) in [5.41, 5.74) is 17.6. The molecule has 0 atom stereocenters. The molecule has 0 fully saturated rings. The molecule has 2 aromatic heterocycles. The lowest BCUT2D eigenvalue weighted by molar-refractivity contribution is 0.590. The number of pyridine rings is 2. The Morgan fingerprint density at radius 3 is 1.25 bits per heavy atom. The molecule has 53 heavy (non-hydrogen) atoms. The van der Waals surface area contributed by atoms with E-state index in [9.17, 15) is 0 Å². The van der Waals surface area contributed by atoms with Crippen molar-refractivity contribution in [2.75, 3.05) is 9.80 Å². The van der Waals surface area contributed by atoms with E-state index in [1.807, 2.05) is 24.5 Å². The van der Waals surface area contributed by atoms with E-state index in [0.717, 1.165) is 33.9 Å². The van der Waals surface area contributed by atoms with Gasteiger partial charge in [0.25, 0.3) is 6.71 Å². The fraction of sp³-hybridized carbons (Fsp3) is 0.167. The molecule has 7 aromatic rings. The molecule has 5 aromatic carbocycles. The van der Waals surface area contributed by atoms with Crippen LogP contribution in [0.25, 0.3) is 22.5 Å². The Labute approximate surface area is 313 Å². The number of para-hydroxylation sites is 2. The maximum atomic E-state index is 4.83. The summed E-state index contributed by atoms with van der Waals surface area (Å²) in [4.78, 5) is 14.6. The summed E-state index contributed by atoms with van der Waals surface area (Å²) in [5, 5.41) is 0. The Bertz CT molecular complexity index is 2320. The van der Waals surface area contributed by atoms with Gasteiger partial charge >= 0.3 is 0 Å². The molecule has 0 bridgehead atoms. The van der Waals surface area contributed by atoms with Crippen LogP contribution >= 0.6 is 0 Å². The molecule has 0 saturated heterocycles. The molecule has 0 spiro atoms. The first kappa shape index (κ1) is 32.9. The fourth-order valence-corrected chi connectivity index (χ4v) is 8.21. The van der Waals surface area contributed by atoms with Crippen LogP contribution in [0.2, 0.25) is 0 Å². The van der Waals surface area contributed by atoms with E-state index in [4.69, 9.17) is 9.97 Å². The first-order valence-electron chi connectivity index (χ1n) is 18.6. The number of benzene rings is 5. The van der Waals surface area contributed by atoms with Crippen molar-refractivity contribution in [3.63, 3.8) is 0 Å². The van der Waals surface area contributed by atoms with E-state index in [1.165, 1.54) is 50.3 Å². The summed E-state index contributed by atoms with van der Waals surface area (Å²) in [6.45, 7) is 13.9. The van der Waals surface area contributed by atoms with E-state index in [2.05, 4.69) is 179 Å². The van der Waals surface area contributed by atoms with Gasteiger partial charge in [-0.1, -0.05) is 120 Å². The van der Waals surface area contributed by atoms with E-state index in [0.29, 0.717) is 0 Å². The van der Waals surface area contributed by atoms with Crippen molar-refractivity contribution < 1.29 is 0 Å². The second kappa shape index (κ2) is 12.3.